The molecule has 0 radical (unpaired) electrons. The van der Waals surface area contributed by atoms with E-state index in [0.29, 0.717) is 38.3 Å². The third-order valence-corrected chi connectivity index (χ3v) is 7.87. The molecule has 9 heteroatoms. The molecule has 4 rings (SSSR count). The quantitative estimate of drug-likeness (QED) is 0.475. The summed E-state index contributed by atoms with van der Waals surface area (Å²) in [5.74, 6) is 0.625. The Balaban J connectivity index is 1.27. The van der Waals surface area contributed by atoms with Crippen molar-refractivity contribution >= 4 is 33.3 Å². The summed E-state index contributed by atoms with van der Waals surface area (Å²) in [5, 5.41) is 2.99. The molecule has 1 aromatic heterocycles. The van der Waals surface area contributed by atoms with Gasteiger partial charge in [0, 0.05) is 30.6 Å². The van der Waals surface area contributed by atoms with Gasteiger partial charge >= 0.3 is 0 Å². The van der Waals surface area contributed by atoms with Gasteiger partial charge in [0.1, 0.15) is 12.4 Å². The van der Waals surface area contributed by atoms with Crippen molar-refractivity contribution in [3.8, 4) is 5.75 Å². The number of hydrogen-bond acceptors (Lipinski definition) is 6. The molecule has 1 amide bonds. The van der Waals surface area contributed by atoms with Gasteiger partial charge < -0.3 is 9.64 Å². The van der Waals surface area contributed by atoms with Crippen molar-refractivity contribution in [2.75, 3.05) is 13.1 Å². The smallest absolute Gasteiger partial charge is 0.246 e. The number of carbonyl (C=O) groups excluding carboxylic acids is 1. The fourth-order valence-corrected chi connectivity index (χ4v) is 5.64. The Kier molecular flexibility index (Phi) is 7.77. The predicted octanol–water partition coefficient (Wildman–Crippen LogP) is 4.01. The summed E-state index contributed by atoms with van der Waals surface area (Å²) in [4.78, 5) is 19.0. The Morgan fingerprint density at radius 1 is 1.18 bits per heavy atom. The van der Waals surface area contributed by atoms with Crippen LogP contribution in [0.5, 0.6) is 5.75 Å². The number of likely N-dealkylation sites (tertiary alicyclic amines) is 1. The number of nitrogens with zero attached hydrogens (tertiary/aromatic N) is 2. The summed E-state index contributed by atoms with van der Waals surface area (Å²) >= 11 is 1.59. The molecule has 0 saturated carbocycles. The van der Waals surface area contributed by atoms with Gasteiger partial charge in [-0.05, 0) is 55.7 Å². The van der Waals surface area contributed by atoms with Crippen molar-refractivity contribution in [3.05, 3.63) is 82.3 Å². The lowest BCUT2D eigenvalue weighted by Gasteiger charge is -2.31. The highest BCUT2D eigenvalue weighted by Gasteiger charge is 2.25. The standard InChI is InChI=1S/C25H27N3O4S2/c1-19-26-22(18-33-19)17-32-23-7-5-6-20(16-23)10-11-25(29)28-14-12-21(13-15-28)27-34(30,31)24-8-3-2-4-9-24/h2-11,16,18,21,27H,12-15,17H2,1H3/b11-10+. The number of aryl methyl sites for hydroxylation is 1. The van der Waals surface area contributed by atoms with E-state index >= 15 is 0 Å². The highest BCUT2D eigenvalue weighted by Crippen LogP contribution is 2.18. The molecule has 3 aromatic rings. The van der Waals surface area contributed by atoms with E-state index in [1.165, 1.54) is 0 Å². The van der Waals surface area contributed by atoms with Crippen molar-refractivity contribution in [1.29, 1.82) is 0 Å². The van der Waals surface area contributed by atoms with Crippen LogP contribution in [0.4, 0.5) is 0 Å². The Hall–Kier alpha value is -3.01. The molecule has 0 aliphatic carbocycles. The first-order chi connectivity index (χ1) is 16.4. The van der Waals surface area contributed by atoms with Gasteiger partial charge in [0.05, 0.1) is 15.6 Å². The normalized spacial score (nSPS) is 15.0. The van der Waals surface area contributed by atoms with E-state index in [-0.39, 0.29) is 16.8 Å². The first-order valence-electron chi connectivity index (χ1n) is 11.1. The van der Waals surface area contributed by atoms with Crippen LogP contribution in [-0.2, 0) is 21.4 Å². The van der Waals surface area contributed by atoms with Crippen LogP contribution in [0.3, 0.4) is 0 Å². The highest BCUT2D eigenvalue weighted by atomic mass is 32.2. The molecule has 34 heavy (non-hydrogen) atoms. The van der Waals surface area contributed by atoms with Gasteiger partial charge in [0.2, 0.25) is 15.9 Å². The minimum atomic E-state index is -3.55. The number of hydrogen-bond donors (Lipinski definition) is 1. The summed E-state index contributed by atoms with van der Waals surface area (Å²) in [6.45, 7) is 3.37. The lowest BCUT2D eigenvalue weighted by molar-refractivity contribution is -0.126. The van der Waals surface area contributed by atoms with E-state index in [1.54, 1.807) is 58.7 Å². The summed E-state index contributed by atoms with van der Waals surface area (Å²) in [6.07, 6.45) is 4.47. The lowest BCUT2D eigenvalue weighted by Crippen LogP contribution is -2.46. The van der Waals surface area contributed by atoms with Crippen LogP contribution >= 0.6 is 11.3 Å². The third kappa shape index (κ3) is 6.53. The van der Waals surface area contributed by atoms with Gasteiger partial charge in [-0.15, -0.1) is 11.3 Å². The fraction of sp³-hybridized carbons (Fsp3) is 0.280. The second kappa shape index (κ2) is 10.9. The van der Waals surface area contributed by atoms with Gasteiger partial charge in [-0.2, -0.15) is 0 Å². The molecule has 0 spiro atoms. The number of piperidine rings is 1. The molecular formula is C25H27N3O4S2. The number of rotatable bonds is 8. The summed E-state index contributed by atoms with van der Waals surface area (Å²) in [7, 11) is -3.55. The molecule has 1 N–H and O–H groups in total. The van der Waals surface area contributed by atoms with E-state index in [1.807, 2.05) is 36.6 Å². The lowest BCUT2D eigenvalue weighted by atomic mass is 10.1. The van der Waals surface area contributed by atoms with E-state index in [4.69, 9.17) is 4.74 Å². The molecule has 2 aromatic carbocycles. The van der Waals surface area contributed by atoms with Crippen molar-refractivity contribution in [2.24, 2.45) is 0 Å². The molecule has 0 atom stereocenters. The number of ether oxygens (including phenoxy) is 1. The van der Waals surface area contributed by atoms with Gasteiger partial charge in [-0.1, -0.05) is 30.3 Å². The topological polar surface area (TPSA) is 88.6 Å². The molecule has 178 valence electrons. The number of sulfonamides is 1. The average molecular weight is 498 g/mol. The number of nitrogens with one attached hydrogen (secondary N) is 1. The number of carbonyl (C=O) groups is 1. The molecule has 1 fully saturated rings. The number of thiazole rings is 1. The summed E-state index contributed by atoms with van der Waals surface area (Å²) < 4.78 is 33.6. The molecule has 7 nitrogen and oxygen atoms in total. The van der Waals surface area contributed by atoms with Crippen LogP contribution in [0.15, 0.2) is 70.9 Å². The fourth-order valence-electron chi connectivity index (χ4n) is 3.72. The molecule has 0 unspecified atom stereocenters. The maximum atomic E-state index is 12.6. The van der Waals surface area contributed by atoms with Crippen molar-refractivity contribution in [1.82, 2.24) is 14.6 Å². The maximum absolute atomic E-state index is 12.6. The van der Waals surface area contributed by atoms with Crippen LogP contribution in [0.25, 0.3) is 6.08 Å². The SMILES string of the molecule is Cc1nc(COc2cccc(/C=C/C(=O)N3CCC(NS(=O)(=O)c4ccccc4)CC3)c2)cs1. The third-order valence-electron chi connectivity index (χ3n) is 5.51. The highest BCUT2D eigenvalue weighted by molar-refractivity contribution is 7.89. The monoisotopic (exact) mass is 497 g/mol. The first-order valence-corrected chi connectivity index (χ1v) is 13.4. The molecule has 0 bridgehead atoms. The minimum absolute atomic E-state index is 0.0892. The van der Waals surface area contributed by atoms with E-state index < -0.39 is 10.0 Å². The minimum Gasteiger partial charge on any atom is -0.487 e. The van der Waals surface area contributed by atoms with Crippen molar-refractivity contribution in [2.45, 2.75) is 37.3 Å². The molecule has 1 aliphatic rings. The zero-order valence-electron chi connectivity index (χ0n) is 18.9. The van der Waals surface area contributed by atoms with Gasteiger partial charge in [0.15, 0.2) is 0 Å². The second-order valence-electron chi connectivity index (χ2n) is 8.09. The van der Waals surface area contributed by atoms with E-state index in [9.17, 15) is 13.2 Å². The molecular weight excluding hydrogens is 470 g/mol. The van der Waals surface area contributed by atoms with Crippen LogP contribution in [0.2, 0.25) is 0 Å². The second-order valence-corrected chi connectivity index (χ2v) is 10.9. The van der Waals surface area contributed by atoms with Crippen LogP contribution in [0, 0.1) is 6.92 Å². The zero-order chi connectivity index (χ0) is 24.0. The number of aromatic nitrogens is 1. The van der Waals surface area contributed by atoms with Crippen LogP contribution in [-0.4, -0.2) is 43.3 Å². The van der Waals surface area contributed by atoms with Gasteiger partial charge in [-0.3, -0.25) is 4.79 Å². The number of amides is 1. The largest absolute Gasteiger partial charge is 0.487 e. The Labute approximate surface area is 204 Å². The maximum Gasteiger partial charge on any atom is 0.246 e. The average Bonchev–Trinajstić information content (AvgIpc) is 3.27. The van der Waals surface area contributed by atoms with E-state index in [2.05, 4.69) is 9.71 Å². The van der Waals surface area contributed by atoms with Crippen molar-refractivity contribution < 1.29 is 17.9 Å². The molecule has 1 saturated heterocycles. The first kappa shape index (κ1) is 24.1. The Bertz CT molecular complexity index is 1250. The Morgan fingerprint density at radius 2 is 1.94 bits per heavy atom. The van der Waals surface area contributed by atoms with Crippen molar-refractivity contribution in [3.63, 3.8) is 0 Å². The van der Waals surface area contributed by atoms with Crippen LogP contribution < -0.4 is 9.46 Å². The molecule has 1 aliphatic heterocycles. The van der Waals surface area contributed by atoms with Gasteiger partial charge in [0.25, 0.3) is 0 Å². The summed E-state index contributed by atoms with van der Waals surface area (Å²) in [6, 6.07) is 15.7. The zero-order valence-corrected chi connectivity index (χ0v) is 20.5. The molecule has 2 heterocycles. The van der Waals surface area contributed by atoms with Gasteiger partial charge in [-0.25, -0.2) is 18.1 Å². The van der Waals surface area contributed by atoms with E-state index in [0.717, 1.165) is 16.3 Å². The summed E-state index contributed by atoms with van der Waals surface area (Å²) in [5.41, 5.74) is 1.76. The number of benzene rings is 2. The predicted molar refractivity (Wildman–Crippen MR) is 133 cm³/mol. The van der Waals surface area contributed by atoms with Crippen LogP contribution in [0.1, 0.15) is 29.1 Å². The Morgan fingerprint density at radius 3 is 2.65 bits per heavy atom.